The van der Waals surface area contributed by atoms with Crippen molar-refractivity contribution in [2.75, 3.05) is 7.11 Å². The lowest BCUT2D eigenvalue weighted by Gasteiger charge is -2.48. The maximum absolute atomic E-state index is 10.5. The average Bonchev–Trinajstić information content (AvgIpc) is 2.79. The zero-order valence-corrected chi connectivity index (χ0v) is 13.8. The van der Waals surface area contributed by atoms with E-state index >= 15 is 0 Å². The van der Waals surface area contributed by atoms with Crippen LogP contribution in [0.5, 0.6) is 5.75 Å². The second-order valence-electron chi connectivity index (χ2n) is 7.67. The van der Waals surface area contributed by atoms with Gasteiger partial charge in [0.25, 0.3) is 0 Å². The van der Waals surface area contributed by atoms with Gasteiger partial charge in [-0.25, -0.2) is 0 Å². The lowest BCUT2D eigenvalue weighted by atomic mass is 9.55. The van der Waals surface area contributed by atoms with E-state index < -0.39 is 6.10 Å². The first-order valence-corrected chi connectivity index (χ1v) is 8.66. The Morgan fingerprint density at radius 2 is 2.13 bits per heavy atom. The summed E-state index contributed by atoms with van der Waals surface area (Å²) in [7, 11) is 1.56. The lowest BCUT2D eigenvalue weighted by molar-refractivity contribution is 0.0843. The van der Waals surface area contributed by atoms with Crippen LogP contribution in [0.25, 0.3) is 0 Å². The van der Waals surface area contributed by atoms with Gasteiger partial charge in [-0.05, 0) is 73.1 Å². The van der Waals surface area contributed by atoms with Gasteiger partial charge in [-0.15, -0.1) is 0 Å². The smallest absolute Gasteiger partial charge is 0.115 e. The highest BCUT2D eigenvalue weighted by molar-refractivity contribution is 5.95. The van der Waals surface area contributed by atoms with Crippen LogP contribution in [0.1, 0.15) is 49.7 Å². The van der Waals surface area contributed by atoms with Crippen molar-refractivity contribution >= 4 is 5.71 Å². The van der Waals surface area contributed by atoms with E-state index in [-0.39, 0.29) is 5.41 Å². The van der Waals surface area contributed by atoms with Crippen molar-refractivity contribution in [2.45, 2.75) is 51.0 Å². The number of aryl methyl sites for hydroxylation is 1. The molecule has 0 bridgehead atoms. The minimum atomic E-state index is -0.468. The lowest BCUT2D eigenvalue weighted by Crippen LogP contribution is -2.43. The SMILES string of the molecule is CON=C1C(O)CC2C3CCc4cc(O)ccc4C3CCC12C. The Morgan fingerprint density at radius 3 is 2.91 bits per heavy atom. The van der Waals surface area contributed by atoms with E-state index in [2.05, 4.69) is 18.1 Å². The molecule has 4 rings (SSSR count). The Balaban J connectivity index is 1.71. The van der Waals surface area contributed by atoms with Gasteiger partial charge in [-0.2, -0.15) is 0 Å². The number of benzene rings is 1. The van der Waals surface area contributed by atoms with Crippen LogP contribution < -0.4 is 0 Å². The molecule has 5 atom stereocenters. The molecule has 4 nitrogen and oxygen atoms in total. The number of aromatic hydroxyl groups is 1. The van der Waals surface area contributed by atoms with Crippen LogP contribution in [-0.4, -0.2) is 29.1 Å². The van der Waals surface area contributed by atoms with Gasteiger partial charge in [0.1, 0.15) is 12.9 Å². The Bertz CT molecular complexity index is 656. The fourth-order valence-electron chi connectivity index (χ4n) is 5.64. The number of phenolic OH excluding ortho intramolecular Hbond substituents is 1. The van der Waals surface area contributed by atoms with Gasteiger partial charge < -0.3 is 15.1 Å². The van der Waals surface area contributed by atoms with Gasteiger partial charge in [0.15, 0.2) is 0 Å². The van der Waals surface area contributed by atoms with Gasteiger partial charge in [-0.3, -0.25) is 0 Å². The third kappa shape index (κ3) is 2.11. The Labute approximate surface area is 137 Å². The molecule has 1 aromatic rings. The normalized spacial score (nSPS) is 40.4. The zero-order chi connectivity index (χ0) is 16.2. The summed E-state index contributed by atoms with van der Waals surface area (Å²) in [6, 6.07) is 5.86. The second-order valence-corrected chi connectivity index (χ2v) is 7.67. The molecule has 0 aliphatic heterocycles. The predicted molar refractivity (Wildman–Crippen MR) is 88.6 cm³/mol. The Hall–Kier alpha value is -1.55. The first-order valence-electron chi connectivity index (χ1n) is 8.66. The summed E-state index contributed by atoms with van der Waals surface area (Å²) in [6.07, 6.45) is 4.64. The van der Waals surface area contributed by atoms with Crippen LogP contribution in [0.4, 0.5) is 0 Å². The summed E-state index contributed by atoms with van der Waals surface area (Å²) in [5.41, 5.74) is 3.53. The average molecular weight is 315 g/mol. The number of nitrogens with zero attached hydrogens (tertiary/aromatic N) is 1. The Morgan fingerprint density at radius 1 is 1.30 bits per heavy atom. The van der Waals surface area contributed by atoms with E-state index in [1.54, 1.807) is 7.11 Å². The molecule has 1 aromatic carbocycles. The highest BCUT2D eigenvalue weighted by Gasteiger charge is 2.57. The number of phenols is 1. The molecular weight excluding hydrogens is 290 g/mol. The van der Waals surface area contributed by atoms with Crippen molar-refractivity contribution in [2.24, 2.45) is 22.4 Å². The molecule has 3 aliphatic carbocycles. The van der Waals surface area contributed by atoms with Crippen molar-refractivity contribution < 1.29 is 15.1 Å². The van der Waals surface area contributed by atoms with E-state index in [0.717, 1.165) is 37.8 Å². The van der Waals surface area contributed by atoms with Crippen LogP contribution >= 0.6 is 0 Å². The standard InChI is InChI=1S/C19H25NO3/c1-19-8-7-14-13-6-4-12(21)9-11(13)3-5-15(14)16(19)10-17(22)18(19)20-23-2/h4,6,9,14-17,21-22H,3,5,7-8,10H2,1-2H3. The van der Waals surface area contributed by atoms with Crippen molar-refractivity contribution in [3.05, 3.63) is 29.3 Å². The molecule has 4 heteroatoms. The highest BCUT2D eigenvalue weighted by Crippen LogP contribution is 2.60. The van der Waals surface area contributed by atoms with Crippen LogP contribution in [-0.2, 0) is 11.3 Å². The first kappa shape index (κ1) is 15.0. The Kier molecular flexibility index (Phi) is 3.41. The van der Waals surface area contributed by atoms with Crippen LogP contribution in [0.2, 0.25) is 0 Å². The summed E-state index contributed by atoms with van der Waals surface area (Å²) in [5, 5.41) is 24.4. The van der Waals surface area contributed by atoms with Gasteiger partial charge in [0.05, 0.1) is 11.8 Å². The van der Waals surface area contributed by atoms with E-state index in [4.69, 9.17) is 4.84 Å². The fourth-order valence-corrected chi connectivity index (χ4v) is 5.64. The molecule has 0 saturated heterocycles. The van der Waals surface area contributed by atoms with E-state index in [1.165, 1.54) is 11.1 Å². The summed E-state index contributed by atoms with van der Waals surface area (Å²) in [4.78, 5) is 5.02. The largest absolute Gasteiger partial charge is 0.508 e. The quantitative estimate of drug-likeness (QED) is 0.782. The molecule has 3 aliphatic rings. The molecule has 5 unspecified atom stereocenters. The molecular formula is C19H25NO3. The monoisotopic (exact) mass is 315 g/mol. The zero-order valence-electron chi connectivity index (χ0n) is 13.8. The summed E-state index contributed by atoms with van der Waals surface area (Å²) in [5.74, 6) is 1.97. The molecule has 124 valence electrons. The summed E-state index contributed by atoms with van der Waals surface area (Å²) < 4.78 is 0. The molecule has 0 amide bonds. The van der Waals surface area contributed by atoms with E-state index in [9.17, 15) is 10.2 Å². The minimum absolute atomic E-state index is 0.0367. The number of hydrogen-bond donors (Lipinski definition) is 2. The molecule has 2 saturated carbocycles. The molecule has 0 heterocycles. The van der Waals surface area contributed by atoms with Gasteiger partial charge >= 0.3 is 0 Å². The van der Waals surface area contributed by atoms with E-state index in [0.29, 0.717) is 23.5 Å². The topological polar surface area (TPSA) is 62.0 Å². The number of oxime groups is 1. The van der Waals surface area contributed by atoms with Crippen molar-refractivity contribution in [3.8, 4) is 5.75 Å². The molecule has 0 spiro atoms. The molecule has 2 N–H and O–H groups in total. The number of rotatable bonds is 1. The van der Waals surface area contributed by atoms with Gasteiger partial charge in [0, 0.05) is 5.41 Å². The fraction of sp³-hybridized carbons (Fsp3) is 0.632. The third-order valence-electron chi connectivity index (χ3n) is 6.67. The summed E-state index contributed by atoms with van der Waals surface area (Å²) >= 11 is 0. The van der Waals surface area contributed by atoms with Crippen molar-refractivity contribution in [1.29, 1.82) is 0 Å². The third-order valence-corrected chi connectivity index (χ3v) is 6.67. The van der Waals surface area contributed by atoms with Gasteiger partial charge in [-0.1, -0.05) is 18.1 Å². The number of fused-ring (bicyclic) bond motifs is 5. The number of aliphatic hydroxyl groups is 1. The van der Waals surface area contributed by atoms with Gasteiger partial charge in [0.2, 0.25) is 0 Å². The molecule has 0 aromatic heterocycles. The van der Waals surface area contributed by atoms with Crippen LogP contribution in [0.3, 0.4) is 0 Å². The maximum Gasteiger partial charge on any atom is 0.115 e. The molecule has 2 fully saturated rings. The highest BCUT2D eigenvalue weighted by atomic mass is 16.6. The predicted octanol–water partition coefficient (Wildman–Crippen LogP) is 3.22. The van der Waals surface area contributed by atoms with Crippen LogP contribution in [0.15, 0.2) is 23.4 Å². The van der Waals surface area contributed by atoms with Crippen molar-refractivity contribution in [3.63, 3.8) is 0 Å². The van der Waals surface area contributed by atoms with Crippen molar-refractivity contribution in [1.82, 2.24) is 0 Å². The molecule has 0 radical (unpaired) electrons. The first-order chi connectivity index (χ1) is 11.0. The maximum atomic E-state index is 10.5. The number of hydrogen-bond acceptors (Lipinski definition) is 4. The summed E-state index contributed by atoms with van der Waals surface area (Å²) in [6.45, 7) is 2.26. The number of aliphatic hydroxyl groups excluding tert-OH is 1. The van der Waals surface area contributed by atoms with E-state index in [1.807, 2.05) is 12.1 Å². The second kappa shape index (κ2) is 5.23. The molecule has 23 heavy (non-hydrogen) atoms. The van der Waals surface area contributed by atoms with Crippen LogP contribution in [0, 0.1) is 17.3 Å². The minimum Gasteiger partial charge on any atom is -0.508 e.